The topological polar surface area (TPSA) is 49.8 Å². The van der Waals surface area contributed by atoms with E-state index < -0.39 is 0 Å². The Morgan fingerprint density at radius 1 is 1.35 bits per heavy atom. The Balaban J connectivity index is 1.77. The number of thiazole rings is 1. The summed E-state index contributed by atoms with van der Waals surface area (Å²) in [6, 6.07) is 8.03. The number of nitrogens with one attached hydrogen (secondary N) is 1. The van der Waals surface area contributed by atoms with Gasteiger partial charge in [0.1, 0.15) is 12.4 Å². The number of hydrogen-bond acceptors (Lipinski definition) is 4. The van der Waals surface area contributed by atoms with Crippen LogP contribution < -0.4 is 10.1 Å². The molecule has 1 heterocycles. The first-order valence-electron chi connectivity index (χ1n) is 7.61. The first-order valence-corrected chi connectivity index (χ1v) is 8.49. The highest BCUT2D eigenvalue weighted by atomic mass is 32.1. The second-order valence-corrected chi connectivity index (χ2v) is 6.36. The van der Waals surface area contributed by atoms with Gasteiger partial charge in [-0.25, -0.2) is 4.98 Å². The van der Waals surface area contributed by atoms with Crippen LogP contribution in [0.1, 0.15) is 16.3 Å². The van der Waals surface area contributed by atoms with Gasteiger partial charge in [-0.2, -0.15) is 0 Å². The maximum Gasteiger partial charge on any atom is 0.193 e. The number of nitrogens with zero attached hydrogens (tertiary/aromatic N) is 3. The third-order valence-corrected chi connectivity index (χ3v) is 4.20. The minimum absolute atomic E-state index is 0.591. The third kappa shape index (κ3) is 5.25. The minimum Gasteiger partial charge on any atom is -0.491 e. The molecule has 0 spiro atoms. The molecule has 0 saturated heterocycles. The van der Waals surface area contributed by atoms with Gasteiger partial charge in [-0.05, 0) is 25.5 Å². The van der Waals surface area contributed by atoms with Gasteiger partial charge in [-0.15, -0.1) is 11.3 Å². The molecule has 0 aliphatic carbocycles. The van der Waals surface area contributed by atoms with E-state index in [1.807, 2.05) is 45.2 Å². The van der Waals surface area contributed by atoms with Crippen LogP contribution in [0.15, 0.2) is 34.6 Å². The Morgan fingerprint density at radius 2 is 2.13 bits per heavy atom. The monoisotopic (exact) mass is 332 g/mol. The Kier molecular flexibility index (Phi) is 6.40. The lowest BCUT2D eigenvalue weighted by Crippen LogP contribution is -2.40. The van der Waals surface area contributed by atoms with Crippen molar-refractivity contribution in [2.24, 2.45) is 4.99 Å². The van der Waals surface area contributed by atoms with Crippen molar-refractivity contribution in [3.8, 4) is 5.75 Å². The van der Waals surface area contributed by atoms with Crippen LogP contribution in [0.5, 0.6) is 5.75 Å². The van der Waals surface area contributed by atoms with E-state index in [1.165, 1.54) is 0 Å². The molecule has 1 aromatic carbocycles. The summed E-state index contributed by atoms with van der Waals surface area (Å²) in [6.07, 6.45) is 0. The van der Waals surface area contributed by atoms with Crippen LogP contribution in [0.25, 0.3) is 0 Å². The van der Waals surface area contributed by atoms with Crippen LogP contribution in [0, 0.1) is 13.8 Å². The van der Waals surface area contributed by atoms with E-state index in [0.29, 0.717) is 13.2 Å². The summed E-state index contributed by atoms with van der Waals surface area (Å²) < 4.78 is 5.79. The molecule has 0 aliphatic rings. The molecule has 0 bridgehead atoms. The average Bonchev–Trinajstić information content (AvgIpc) is 2.94. The fourth-order valence-corrected chi connectivity index (χ4v) is 2.83. The van der Waals surface area contributed by atoms with Crippen molar-refractivity contribution in [1.82, 2.24) is 15.2 Å². The van der Waals surface area contributed by atoms with Gasteiger partial charge in [0, 0.05) is 19.5 Å². The fourth-order valence-electron chi connectivity index (χ4n) is 2.23. The molecule has 0 aliphatic heterocycles. The summed E-state index contributed by atoms with van der Waals surface area (Å²) in [6.45, 7) is 6.09. The Bertz CT molecular complexity index is 654. The highest BCUT2D eigenvalue weighted by Crippen LogP contribution is 2.15. The first-order chi connectivity index (χ1) is 11.1. The van der Waals surface area contributed by atoms with Crippen LogP contribution in [0.3, 0.4) is 0 Å². The summed E-state index contributed by atoms with van der Waals surface area (Å²) >= 11 is 1.67. The van der Waals surface area contributed by atoms with Crippen molar-refractivity contribution in [3.05, 3.63) is 45.9 Å². The molecule has 0 radical (unpaired) electrons. The lowest BCUT2D eigenvalue weighted by molar-refractivity contribution is 0.317. The van der Waals surface area contributed by atoms with Crippen LogP contribution in [-0.2, 0) is 6.54 Å². The fraction of sp³-hybridized carbons (Fsp3) is 0.412. The zero-order valence-electron chi connectivity index (χ0n) is 14.2. The molecule has 2 rings (SSSR count). The van der Waals surface area contributed by atoms with Gasteiger partial charge in [-0.3, -0.25) is 4.99 Å². The zero-order valence-corrected chi connectivity index (χ0v) is 15.0. The molecule has 0 fully saturated rings. The van der Waals surface area contributed by atoms with E-state index in [-0.39, 0.29) is 0 Å². The summed E-state index contributed by atoms with van der Waals surface area (Å²) in [5.41, 5.74) is 2.21. The second-order valence-electron chi connectivity index (χ2n) is 5.30. The molecule has 1 N–H and O–H groups in total. The van der Waals surface area contributed by atoms with E-state index in [0.717, 1.165) is 34.5 Å². The van der Waals surface area contributed by atoms with Gasteiger partial charge in [0.25, 0.3) is 0 Å². The normalized spacial score (nSPS) is 11.4. The molecule has 0 amide bonds. The highest BCUT2D eigenvalue weighted by Gasteiger charge is 2.08. The molecular formula is C17H24N4OS. The maximum absolute atomic E-state index is 5.79. The number of guanidine groups is 1. The number of ether oxygens (including phenoxy) is 1. The first kappa shape index (κ1) is 17.3. The predicted octanol–water partition coefficient (Wildman–Crippen LogP) is 2.85. The van der Waals surface area contributed by atoms with Crippen LogP contribution in [-0.4, -0.2) is 43.1 Å². The van der Waals surface area contributed by atoms with Crippen molar-refractivity contribution < 1.29 is 4.74 Å². The van der Waals surface area contributed by atoms with Gasteiger partial charge in [0.2, 0.25) is 0 Å². The van der Waals surface area contributed by atoms with E-state index >= 15 is 0 Å². The molecule has 2 aromatic rings. The molecule has 0 saturated carbocycles. The quantitative estimate of drug-likeness (QED) is 0.502. The van der Waals surface area contributed by atoms with E-state index in [1.54, 1.807) is 18.4 Å². The van der Waals surface area contributed by atoms with Crippen LogP contribution in [0.4, 0.5) is 0 Å². The summed E-state index contributed by atoms with van der Waals surface area (Å²) in [5, 5.41) is 6.48. The number of aryl methyl sites for hydroxylation is 2. The Morgan fingerprint density at radius 3 is 2.78 bits per heavy atom. The number of aliphatic imine (C=N–C) groups is 1. The minimum atomic E-state index is 0.591. The van der Waals surface area contributed by atoms with Crippen molar-refractivity contribution in [2.45, 2.75) is 20.4 Å². The SMILES string of the molecule is CN=C(NCCOc1ccccc1C)N(C)Cc1csc(C)n1. The van der Waals surface area contributed by atoms with Crippen molar-refractivity contribution >= 4 is 17.3 Å². The smallest absolute Gasteiger partial charge is 0.193 e. The second kappa shape index (κ2) is 8.53. The van der Waals surface area contributed by atoms with E-state index in [9.17, 15) is 0 Å². The predicted molar refractivity (Wildman–Crippen MR) is 96.4 cm³/mol. The number of para-hydroxylation sites is 1. The summed E-state index contributed by atoms with van der Waals surface area (Å²) in [7, 11) is 3.79. The van der Waals surface area contributed by atoms with Crippen molar-refractivity contribution in [2.75, 3.05) is 27.2 Å². The molecule has 124 valence electrons. The summed E-state index contributed by atoms with van der Waals surface area (Å²) in [4.78, 5) is 10.8. The highest BCUT2D eigenvalue weighted by molar-refractivity contribution is 7.09. The standard InChI is InChI=1S/C17H24N4OS/c1-13-7-5-6-8-16(13)22-10-9-19-17(18-3)21(4)11-15-12-23-14(2)20-15/h5-8,12H,9-11H2,1-4H3,(H,18,19). The Labute approximate surface area is 142 Å². The largest absolute Gasteiger partial charge is 0.491 e. The molecule has 6 heteroatoms. The average molecular weight is 332 g/mol. The molecule has 5 nitrogen and oxygen atoms in total. The third-order valence-electron chi connectivity index (χ3n) is 3.38. The number of benzene rings is 1. The number of hydrogen-bond donors (Lipinski definition) is 1. The van der Waals surface area contributed by atoms with Gasteiger partial charge in [-0.1, -0.05) is 18.2 Å². The number of rotatable bonds is 6. The molecule has 23 heavy (non-hydrogen) atoms. The van der Waals surface area contributed by atoms with Crippen LogP contribution >= 0.6 is 11.3 Å². The zero-order chi connectivity index (χ0) is 16.7. The molecule has 0 unspecified atom stereocenters. The van der Waals surface area contributed by atoms with Crippen molar-refractivity contribution in [3.63, 3.8) is 0 Å². The lowest BCUT2D eigenvalue weighted by atomic mass is 10.2. The molecular weight excluding hydrogens is 308 g/mol. The van der Waals surface area contributed by atoms with E-state index in [4.69, 9.17) is 4.74 Å². The van der Waals surface area contributed by atoms with Crippen molar-refractivity contribution in [1.29, 1.82) is 0 Å². The van der Waals surface area contributed by atoms with Gasteiger partial charge in [0.15, 0.2) is 5.96 Å². The Hall–Kier alpha value is -2.08. The molecule has 0 atom stereocenters. The van der Waals surface area contributed by atoms with Gasteiger partial charge >= 0.3 is 0 Å². The van der Waals surface area contributed by atoms with Crippen LogP contribution in [0.2, 0.25) is 0 Å². The van der Waals surface area contributed by atoms with E-state index in [2.05, 4.69) is 25.6 Å². The van der Waals surface area contributed by atoms with Gasteiger partial charge in [0.05, 0.1) is 23.8 Å². The lowest BCUT2D eigenvalue weighted by Gasteiger charge is -2.21. The number of aromatic nitrogens is 1. The molecule has 1 aromatic heterocycles. The summed E-state index contributed by atoms with van der Waals surface area (Å²) in [5.74, 6) is 1.76. The van der Waals surface area contributed by atoms with Gasteiger partial charge < -0.3 is 15.0 Å². The maximum atomic E-state index is 5.79.